The molecule has 0 spiro atoms. The Morgan fingerprint density at radius 2 is 2.23 bits per heavy atom. The molecule has 1 rings (SSSR count). The van der Waals surface area contributed by atoms with Crippen molar-refractivity contribution in [3.05, 3.63) is 0 Å². The van der Waals surface area contributed by atoms with Crippen LogP contribution in [0.3, 0.4) is 0 Å². The molecule has 1 aliphatic heterocycles. The fourth-order valence-corrected chi connectivity index (χ4v) is 1.76. The molecule has 0 aromatic carbocycles. The Morgan fingerprint density at radius 1 is 1.54 bits per heavy atom. The van der Waals surface area contributed by atoms with E-state index < -0.39 is 12.2 Å². The van der Waals surface area contributed by atoms with Crippen molar-refractivity contribution in [1.29, 1.82) is 0 Å². The van der Waals surface area contributed by atoms with E-state index in [1.807, 2.05) is 0 Å². The Hall–Kier alpha value is -0.770. The van der Waals surface area contributed by atoms with E-state index in [1.54, 1.807) is 0 Å². The van der Waals surface area contributed by atoms with E-state index in [2.05, 4.69) is 6.92 Å². The third-order valence-electron chi connectivity index (χ3n) is 2.61. The topological polar surface area (TPSA) is 60.8 Å². The number of rotatable bonds is 3. The van der Waals surface area contributed by atoms with E-state index >= 15 is 0 Å². The number of nitrogens with zero attached hydrogens (tertiary/aromatic N) is 1. The molecule has 0 aromatic heterocycles. The standard InChI is InChI=1S/C9H17NO3/c1-2-3-4-7-5-10(9(12)13)6-8(7)11/h7-8,11H,2-6H2,1H3,(H,12,13)/t7-,8-/m0/s1. The molecule has 0 bridgehead atoms. The van der Waals surface area contributed by atoms with Crippen molar-refractivity contribution in [3.63, 3.8) is 0 Å². The van der Waals surface area contributed by atoms with Crippen molar-refractivity contribution >= 4 is 6.09 Å². The van der Waals surface area contributed by atoms with Crippen LogP contribution in [0.1, 0.15) is 26.2 Å². The quantitative estimate of drug-likeness (QED) is 0.696. The van der Waals surface area contributed by atoms with Gasteiger partial charge >= 0.3 is 6.09 Å². The van der Waals surface area contributed by atoms with Gasteiger partial charge in [-0.1, -0.05) is 19.8 Å². The molecule has 1 saturated heterocycles. The first kappa shape index (κ1) is 10.3. The van der Waals surface area contributed by atoms with Crippen molar-refractivity contribution < 1.29 is 15.0 Å². The number of amides is 1. The maximum absolute atomic E-state index is 10.6. The highest BCUT2D eigenvalue weighted by Gasteiger charge is 2.33. The molecule has 13 heavy (non-hydrogen) atoms. The van der Waals surface area contributed by atoms with Crippen molar-refractivity contribution in [2.24, 2.45) is 5.92 Å². The van der Waals surface area contributed by atoms with Crippen molar-refractivity contribution in [2.45, 2.75) is 32.3 Å². The number of hydrogen-bond acceptors (Lipinski definition) is 2. The largest absolute Gasteiger partial charge is 0.465 e. The predicted molar refractivity (Wildman–Crippen MR) is 48.6 cm³/mol. The molecule has 1 aliphatic rings. The molecule has 0 radical (unpaired) electrons. The minimum Gasteiger partial charge on any atom is -0.465 e. The highest BCUT2D eigenvalue weighted by atomic mass is 16.4. The Balaban J connectivity index is 2.37. The Kier molecular flexibility index (Phi) is 3.54. The average Bonchev–Trinajstić information content (AvgIpc) is 2.44. The predicted octanol–water partition coefficient (Wildman–Crippen LogP) is 1.15. The molecule has 0 aliphatic carbocycles. The minimum absolute atomic E-state index is 0.149. The molecule has 2 N–H and O–H groups in total. The first-order valence-corrected chi connectivity index (χ1v) is 4.81. The molecular formula is C9H17NO3. The van der Waals surface area contributed by atoms with Crippen LogP contribution in [0.4, 0.5) is 4.79 Å². The summed E-state index contributed by atoms with van der Waals surface area (Å²) in [5.74, 6) is 0.149. The van der Waals surface area contributed by atoms with E-state index in [0.29, 0.717) is 6.54 Å². The van der Waals surface area contributed by atoms with Gasteiger partial charge < -0.3 is 15.1 Å². The summed E-state index contributed by atoms with van der Waals surface area (Å²) in [7, 11) is 0. The number of unbranched alkanes of at least 4 members (excludes halogenated alkanes) is 1. The van der Waals surface area contributed by atoms with Crippen LogP contribution in [0.25, 0.3) is 0 Å². The number of carboxylic acid groups (broad SMARTS) is 1. The van der Waals surface area contributed by atoms with Crippen LogP contribution in [0.15, 0.2) is 0 Å². The molecule has 4 heteroatoms. The smallest absolute Gasteiger partial charge is 0.407 e. The Labute approximate surface area is 78.2 Å². The molecule has 1 heterocycles. The van der Waals surface area contributed by atoms with Gasteiger partial charge in [0.15, 0.2) is 0 Å². The van der Waals surface area contributed by atoms with Crippen LogP contribution >= 0.6 is 0 Å². The van der Waals surface area contributed by atoms with Crippen LogP contribution < -0.4 is 0 Å². The summed E-state index contributed by atoms with van der Waals surface area (Å²) in [5, 5.41) is 18.2. The summed E-state index contributed by atoms with van der Waals surface area (Å²) in [5.41, 5.74) is 0. The lowest BCUT2D eigenvalue weighted by Crippen LogP contribution is -2.27. The van der Waals surface area contributed by atoms with E-state index in [9.17, 15) is 9.90 Å². The fraction of sp³-hybridized carbons (Fsp3) is 0.889. The monoisotopic (exact) mass is 187 g/mol. The van der Waals surface area contributed by atoms with Gasteiger partial charge in [0.2, 0.25) is 0 Å². The molecule has 0 aromatic rings. The fourth-order valence-electron chi connectivity index (χ4n) is 1.76. The number of aliphatic hydroxyl groups excluding tert-OH is 1. The van der Waals surface area contributed by atoms with Gasteiger partial charge in [0, 0.05) is 12.5 Å². The van der Waals surface area contributed by atoms with Gasteiger partial charge in [0.1, 0.15) is 0 Å². The summed E-state index contributed by atoms with van der Waals surface area (Å²) in [4.78, 5) is 11.9. The van der Waals surface area contributed by atoms with Crippen LogP contribution in [-0.2, 0) is 0 Å². The zero-order valence-electron chi connectivity index (χ0n) is 7.94. The second-order valence-corrected chi connectivity index (χ2v) is 3.66. The van der Waals surface area contributed by atoms with Crippen LogP contribution in [-0.4, -0.2) is 40.4 Å². The van der Waals surface area contributed by atoms with Crippen molar-refractivity contribution in [3.8, 4) is 0 Å². The second kappa shape index (κ2) is 4.46. The SMILES string of the molecule is CCCC[C@H]1CN(C(=O)O)C[C@@H]1O. The van der Waals surface area contributed by atoms with Crippen molar-refractivity contribution in [2.75, 3.05) is 13.1 Å². The zero-order chi connectivity index (χ0) is 9.84. The Bertz CT molecular complexity index is 184. The van der Waals surface area contributed by atoms with Crippen LogP contribution in [0, 0.1) is 5.92 Å². The molecule has 1 amide bonds. The molecule has 0 saturated carbocycles. The third kappa shape index (κ3) is 2.59. The van der Waals surface area contributed by atoms with Crippen LogP contribution in [0.2, 0.25) is 0 Å². The first-order valence-electron chi connectivity index (χ1n) is 4.81. The molecule has 2 atom stereocenters. The van der Waals surface area contributed by atoms with Crippen molar-refractivity contribution in [1.82, 2.24) is 4.90 Å². The molecule has 0 unspecified atom stereocenters. The summed E-state index contributed by atoms with van der Waals surface area (Å²) in [6.07, 6.45) is 1.72. The van der Waals surface area contributed by atoms with Gasteiger partial charge in [0.25, 0.3) is 0 Å². The number of carbonyl (C=O) groups is 1. The lowest BCUT2D eigenvalue weighted by molar-refractivity contribution is 0.129. The lowest BCUT2D eigenvalue weighted by Gasteiger charge is -2.11. The maximum atomic E-state index is 10.6. The van der Waals surface area contributed by atoms with Gasteiger partial charge in [-0.3, -0.25) is 0 Å². The Morgan fingerprint density at radius 3 is 2.69 bits per heavy atom. The van der Waals surface area contributed by atoms with Crippen LogP contribution in [0.5, 0.6) is 0 Å². The maximum Gasteiger partial charge on any atom is 0.407 e. The highest BCUT2D eigenvalue weighted by Crippen LogP contribution is 2.22. The number of likely N-dealkylation sites (tertiary alicyclic amines) is 1. The van der Waals surface area contributed by atoms with E-state index in [1.165, 1.54) is 4.90 Å². The number of aliphatic hydroxyl groups is 1. The normalized spacial score (nSPS) is 28.0. The zero-order valence-corrected chi connectivity index (χ0v) is 7.94. The molecule has 4 nitrogen and oxygen atoms in total. The average molecular weight is 187 g/mol. The van der Waals surface area contributed by atoms with Gasteiger partial charge in [-0.15, -0.1) is 0 Å². The van der Waals surface area contributed by atoms with Gasteiger partial charge in [-0.2, -0.15) is 0 Å². The molecule has 76 valence electrons. The molecular weight excluding hydrogens is 170 g/mol. The number of β-amino-alcohol motifs (C(OH)–C–C–N with tert-alkyl or cyclic N) is 1. The summed E-state index contributed by atoms with van der Waals surface area (Å²) >= 11 is 0. The highest BCUT2D eigenvalue weighted by molar-refractivity contribution is 5.65. The second-order valence-electron chi connectivity index (χ2n) is 3.66. The first-order chi connectivity index (χ1) is 6.15. The van der Waals surface area contributed by atoms with Gasteiger partial charge in [-0.25, -0.2) is 4.79 Å². The van der Waals surface area contributed by atoms with Gasteiger partial charge in [-0.05, 0) is 6.42 Å². The van der Waals surface area contributed by atoms with Gasteiger partial charge in [0.05, 0.1) is 12.6 Å². The summed E-state index contributed by atoms with van der Waals surface area (Å²) in [6, 6.07) is 0. The molecule has 1 fully saturated rings. The van der Waals surface area contributed by atoms with E-state index in [0.717, 1.165) is 19.3 Å². The van der Waals surface area contributed by atoms with E-state index in [4.69, 9.17) is 5.11 Å². The summed E-state index contributed by atoms with van der Waals surface area (Å²) < 4.78 is 0. The third-order valence-corrected chi connectivity index (χ3v) is 2.61. The minimum atomic E-state index is -0.918. The lowest BCUT2D eigenvalue weighted by atomic mass is 9.99. The summed E-state index contributed by atoms with van der Waals surface area (Å²) in [6.45, 7) is 2.87. The number of hydrogen-bond donors (Lipinski definition) is 2. The van der Waals surface area contributed by atoms with E-state index in [-0.39, 0.29) is 12.5 Å².